The Morgan fingerprint density at radius 3 is 2.81 bits per heavy atom. The van der Waals surface area contributed by atoms with Crippen molar-refractivity contribution in [1.82, 2.24) is 20.2 Å². The molecule has 1 aromatic heterocycles. The van der Waals surface area contributed by atoms with Crippen molar-refractivity contribution < 1.29 is 33.4 Å². The number of carbonyl (C=O) groups is 3. The molecule has 1 aromatic carbocycles. The Morgan fingerprint density at radius 1 is 1.21 bits per heavy atom. The number of likely N-dealkylation sites (tertiary alicyclic amines) is 1. The Kier molecular flexibility index (Phi) is 6.94. The number of anilines is 3. The summed E-state index contributed by atoms with van der Waals surface area (Å²) in [6, 6.07) is 3.23. The molecule has 1 aliphatic carbocycles. The molecule has 4 aliphatic heterocycles. The number of halogens is 1. The zero-order chi connectivity index (χ0) is 29.8. The van der Waals surface area contributed by atoms with E-state index in [1.54, 1.807) is 0 Å². The van der Waals surface area contributed by atoms with Crippen molar-refractivity contribution in [1.29, 1.82) is 0 Å². The predicted molar refractivity (Wildman–Crippen MR) is 151 cm³/mol. The first-order valence-corrected chi connectivity index (χ1v) is 14.8. The highest BCUT2D eigenvalue weighted by atomic mass is 19.1. The van der Waals surface area contributed by atoms with Crippen LogP contribution in [0.2, 0.25) is 0 Å². The lowest BCUT2D eigenvalue weighted by Crippen LogP contribution is -2.53. The number of piperidine rings is 1. The minimum Gasteiger partial charge on any atom is -0.465 e. The number of hydrogen-bond acceptors (Lipinski definition) is 10. The lowest BCUT2D eigenvalue weighted by Gasteiger charge is -2.38. The summed E-state index contributed by atoms with van der Waals surface area (Å²) in [7, 11) is 0. The van der Waals surface area contributed by atoms with Crippen LogP contribution in [0.4, 0.5) is 26.5 Å². The van der Waals surface area contributed by atoms with Gasteiger partial charge in [-0.2, -0.15) is 0 Å². The van der Waals surface area contributed by atoms with E-state index in [9.17, 15) is 19.5 Å². The third kappa shape index (κ3) is 5.17. The second-order valence-corrected chi connectivity index (χ2v) is 12.3. The van der Waals surface area contributed by atoms with Crippen molar-refractivity contribution in [2.24, 2.45) is 5.92 Å². The van der Waals surface area contributed by atoms with Crippen LogP contribution in [0.1, 0.15) is 36.8 Å². The number of carbonyl (C=O) groups excluding carboxylic acids is 3. The molecule has 13 nitrogen and oxygen atoms in total. The number of fused-ring (bicyclic) bond motifs is 2. The number of nitrogens with one attached hydrogen (secondary N) is 3. The zero-order valence-electron chi connectivity index (χ0n) is 23.7. The van der Waals surface area contributed by atoms with Gasteiger partial charge in [0.15, 0.2) is 18.2 Å². The number of ether oxygens (including phenoxy) is 2. The molecular weight excluding hydrogens is 561 g/mol. The number of hydrogen-bond donors (Lipinski definition) is 4. The minimum atomic E-state index is -1.02. The maximum absolute atomic E-state index is 15.1. The predicted octanol–water partition coefficient (Wildman–Crippen LogP) is 1.21. The van der Waals surface area contributed by atoms with Crippen molar-refractivity contribution >= 4 is 35.2 Å². The lowest BCUT2D eigenvalue weighted by molar-refractivity contribution is -0.123. The number of amides is 3. The average molecular weight is 596 g/mol. The van der Waals surface area contributed by atoms with Gasteiger partial charge in [-0.3, -0.25) is 14.5 Å². The van der Waals surface area contributed by atoms with E-state index in [1.165, 1.54) is 17.2 Å². The first-order valence-electron chi connectivity index (χ1n) is 14.8. The Bertz CT molecular complexity index is 1470. The van der Waals surface area contributed by atoms with E-state index in [1.807, 2.05) is 6.07 Å². The number of nitrogens with zero attached hydrogens (tertiary/aromatic N) is 4. The van der Waals surface area contributed by atoms with E-state index in [2.05, 4.69) is 30.8 Å². The molecule has 0 bridgehead atoms. The normalized spacial score (nSPS) is 26.1. The standard InChI is InChI=1S/C29H34FN7O6/c30-21-11-19(33-26(40)29(16-38)2-1-5-32-29)10-18-8-17(9-20(18)21)13-36-6-3-28(4-7-36)15-37(27(41)43-28)22-12-31-25-24(34-22)35-23(39)14-42-25/h10-12,17,32,38H,1-9,13-16H2,(H,33,40)(H,34,35,39). The van der Waals surface area contributed by atoms with Gasteiger partial charge in [-0.1, -0.05) is 0 Å². The van der Waals surface area contributed by atoms with Crippen LogP contribution in [-0.2, 0) is 27.2 Å². The summed E-state index contributed by atoms with van der Waals surface area (Å²) in [6.45, 7) is 2.81. The summed E-state index contributed by atoms with van der Waals surface area (Å²) in [5, 5.41) is 18.3. The fourth-order valence-corrected chi connectivity index (χ4v) is 6.99. The van der Waals surface area contributed by atoms with Gasteiger partial charge in [-0.15, -0.1) is 0 Å². The van der Waals surface area contributed by atoms with Gasteiger partial charge in [-0.05, 0) is 61.4 Å². The van der Waals surface area contributed by atoms with Crippen LogP contribution in [0, 0.1) is 11.7 Å². The first-order chi connectivity index (χ1) is 20.7. The van der Waals surface area contributed by atoms with Crippen LogP contribution in [-0.4, -0.2) is 95.0 Å². The summed E-state index contributed by atoms with van der Waals surface area (Å²) in [4.78, 5) is 49.7. The molecule has 14 heteroatoms. The number of aliphatic hydroxyl groups excluding tert-OH is 1. The quantitative estimate of drug-likeness (QED) is 0.383. The Hall–Kier alpha value is -3.88. The van der Waals surface area contributed by atoms with E-state index in [0.29, 0.717) is 62.3 Å². The average Bonchev–Trinajstić information content (AvgIpc) is 3.72. The van der Waals surface area contributed by atoms with Crippen LogP contribution < -0.4 is 25.6 Å². The summed E-state index contributed by atoms with van der Waals surface area (Å²) in [5.74, 6) is -0.0725. The molecular formula is C29H34FN7O6. The molecule has 4 N–H and O–H groups in total. The fourth-order valence-electron chi connectivity index (χ4n) is 6.99. The number of rotatable bonds is 6. The largest absolute Gasteiger partial charge is 0.465 e. The van der Waals surface area contributed by atoms with E-state index >= 15 is 4.39 Å². The van der Waals surface area contributed by atoms with Gasteiger partial charge in [0.1, 0.15) is 17.0 Å². The van der Waals surface area contributed by atoms with Crippen molar-refractivity contribution in [2.45, 2.75) is 49.7 Å². The number of aliphatic hydroxyl groups is 1. The number of aromatic nitrogens is 2. The molecule has 3 amide bonds. The van der Waals surface area contributed by atoms with Gasteiger partial charge in [0.2, 0.25) is 5.91 Å². The molecule has 5 heterocycles. The van der Waals surface area contributed by atoms with Crippen LogP contribution >= 0.6 is 0 Å². The molecule has 5 aliphatic rings. The molecule has 2 atom stereocenters. The SMILES string of the molecule is O=C1COc2ncc(N3CC4(CCN(CC5Cc6cc(NC(=O)C7(CO)CCCN7)cc(F)c6C5)CC4)OC3=O)nc2N1. The molecule has 0 saturated carbocycles. The Labute approximate surface area is 247 Å². The highest BCUT2D eigenvalue weighted by Gasteiger charge is 2.48. The summed E-state index contributed by atoms with van der Waals surface area (Å²) >= 11 is 0. The Morgan fingerprint density at radius 2 is 2.05 bits per heavy atom. The maximum atomic E-state index is 15.1. The molecule has 1 spiro atoms. The van der Waals surface area contributed by atoms with Gasteiger partial charge in [-0.25, -0.2) is 19.2 Å². The van der Waals surface area contributed by atoms with Crippen molar-refractivity contribution in [3.63, 3.8) is 0 Å². The summed E-state index contributed by atoms with van der Waals surface area (Å²) in [6.07, 6.45) is 4.92. The van der Waals surface area contributed by atoms with Crippen molar-refractivity contribution in [3.05, 3.63) is 35.3 Å². The van der Waals surface area contributed by atoms with E-state index < -0.39 is 17.2 Å². The van der Waals surface area contributed by atoms with Crippen LogP contribution in [0.15, 0.2) is 18.3 Å². The van der Waals surface area contributed by atoms with Gasteiger partial charge in [0.05, 0.1) is 19.3 Å². The molecule has 3 fully saturated rings. The molecule has 228 valence electrons. The highest BCUT2D eigenvalue weighted by molar-refractivity contribution is 5.98. The third-order valence-electron chi connectivity index (χ3n) is 9.35. The molecule has 0 radical (unpaired) electrons. The van der Waals surface area contributed by atoms with Gasteiger partial charge in [0.25, 0.3) is 11.8 Å². The summed E-state index contributed by atoms with van der Waals surface area (Å²) in [5.41, 5.74) is 0.354. The minimum absolute atomic E-state index is 0.128. The highest BCUT2D eigenvalue weighted by Crippen LogP contribution is 2.38. The first kappa shape index (κ1) is 27.9. The van der Waals surface area contributed by atoms with Crippen LogP contribution in [0.5, 0.6) is 5.88 Å². The van der Waals surface area contributed by atoms with E-state index in [-0.39, 0.29) is 48.5 Å². The monoisotopic (exact) mass is 595 g/mol. The van der Waals surface area contributed by atoms with Gasteiger partial charge < -0.3 is 35.4 Å². The molecule has 2 unspecified atom stereocenters. The molecule has 3 saturated heterocycles. The maximum Gasteiger partial charge on any atom is 0.416 e. The van der Waals surface area contributed by atoms with Crippen LogP contribution in [0.25, 0.3) is 0 Å². The number of benzene rings is 1. The molecule has 7 rings (SSSR count). The van der Waals surface area contributed by atoms with Crippen LogP contribution in [0.3, 0.4) is 0 Å². The van der Waals surface area contributed by atoms with Gasteiger partial charge >= 0.3 is 6.09 Å². The topological polar surface area (TPSA) is 158 Å². The lowest BCUT2D eigenvalue weighted by atomic mass is 9.90. The second-order valence-electron chi connectivity index (χ2n) is 12.3. The smallest absolute Gasteiger partial charge is 0.416 e. The second kappa shape index (κ2) is 10.7. The Balaban J connectivity index is 0.947. The fraction of sp³-hybridized carbons (Fsp3) is 0.552. The summed E-state index contributed by atoms with van der Waals surface area (Å²) < 4.78 is 26.2. The van der Waals surface area contributed by atoms with E-state index in [0.717, 1.165) is 31.6 Å². The van der Waals surface area contributed by atoms with Crippen molar-refractivity contribution in [2.75, 3.05) is 61.5 Å². The molecule has 43 heavy (non-hydrogen) atoms. The third-order valence-corrected chi connectivity index (χ3v) is 9.35. The van der Waals surface area contributed by atoms with Crippen molar-refractivity contribution in [3.8, 4) is 5.88 Å². The molecule has 2 aromatic rings. The zero-order valence-corrected chi connectivity index (χ0v) is 23.7. The van der Waals surface area contributed by atoms with Gasteiger partial charge in [0, 0.05) is 38.2 Å². The van der Waals surface area contributed by atoms with E-state index in [4.69, 9.17) is 9.47 Å².